The highest BCUT2D eigenvalue weighted by atomic mass is 16.5. The highest BCUT2D eigenvalue weighted by molar-refractivity contribution is 5.77. The molecule has 94 valence electrons. The van der Waals surface area contributed by atoms with Gasteiger partial charge in [0, 0.05) is 20.0 Å². The van der Waals surface area contributed by atoms with E-state index in [2.05, 4.69) is 5.32 Å². The third-order valence-electron chi connectivity index (χ3n) is 2.01. The lowest BCUT2D eigenvalue weighted by Crippen LogP contribution is -2.41. The average molecular weight is 233 g/mol. The van der Waals surface area contributed by atoms with Crippen LogP contribution in [0.2, 0.25) is 0 Å². The quantitative estimate of drug-likeness (QED) is 0.530. The topological polar surface area (TPSA) is 95.9 Å². The summed E-state index contributed by atoms with van der Waals surface area (Å²) >= 11 is 0. The first-order valence-corrected chi connectivity index (χ1v) is 5.10. The summed E-state index contributed by atoms with van der Waals surface area (Å²) in [7, 11) is 1.47. The monoisotopic (exact) mass is 233 g/mol. The molecule has 0 heterocycles. The van der Waals surface area contributed by atoms with Crippen molar-refractivity contribution in [3.8, 4) is 0 Å². The Morgan fingerprint density at radius 1 is 1.38 bits per heavy atom. The number of ether oxygens (including phenoxy) is 1. The molecule has 6 heteroatoms. The molecule has 0 aliphatic heterocycles. The van der Waals surface area contributed by atoms with Crippen molar-refractivity contribution >= 4 is 11.9 Å². The van der Waals surface area contributed by atoms with Crippen LogP contribution in [0.3, 0.4) is 0 Å². The van der Waals surface area contributed by atoms with Crippen molar-refractivity contribution < 1.29 is 24.5 Å². The number of carboxylic acids is 1. The highest BCUT2D eigenvalue weighted by Gasteiger charge is 2.15. The second-order valence-electron chi connectivity index (χ2n) is 3.81. The van der Waals surface area contributed by atoms with E-state index < -0.39 is 12.0 Å². The van der Waals surface area contributed by atoms with E-state index in [1.54, 1.807) is 6.92 Å². The van der Waals surface area contributed by atoms with Gasteiger partial charge < -0.3 is 20.3 Å². The molecule has 2 unspecified atom stereocenters. The molecule has 0 aromatic rings. The summed E-state index contributed by atoms with van der Waals surface area (Å²) in [5.41, 5.74) is 0. The number of amides is 1. The summed E-state index contributed by atoms with van der Waals surface area (Å²) in [5, 5.41) is 20.0. The summed E-state index contributed by atoms with van der Waals surface area (Å²) in [6, 6.07) is -0.436. The van der Waals surface area contributed by atoms with Crippen LogP contribution < -0.4 is 5.32 Å². The van der Waals surface area contributed by atoms with Crippen LogP contribution in [-0.2, 0) is 14.3 Å². The maximum Gasteiger partial charge on any atom is 0.303 e. The lowest BCUT2D eigenvalue weighted by Gasteiger charge is -2.16. The molecule has 16 heavy (non-hydrogen) atoms. The van der Waals surface area contributed by atoms with Crippen molar-refractivity contribution in [2.24, 2.45) is 5.92 Å². The lowest BCUT2D eigenvalue weighted by atomic mass is 10.0. The minimum absolute atomic E-state index is 0.0402. The number of aliphatic hydroxyl groups excluding tert-OH is 1. The summed E-state index contributed by atoms with van der Waals surface area (Å²) < 4.78 is 4.80. The van der Waals surface area contributed by atoms with E-state index in [-0.39, 0.29) is 37.9 Å². The van der Waals surface area contributed by atoms with Crippen LogP contribution >= 0.6 is 0 Å². The van der Waals surface area contributed by atoms with E-state index >= 15 is 0 Å². The Morgan fingerprint density at radius 3 is 2.44 bits per heavy atom. The van der Waals surface area contributed by atoms with E-state index in [1.807, 2.05) is 0 Å². The SMILES string of the molecule is COCC(CO)NC(=O)CC(C)CC(=O)O. The molecular weight excluding hydrogens is 214 g/mol. The molecule has 1 amide bonds. The Balaban J connectivity index is 3.91. The zero-order valence-corrected chi connectivity index (χ0v) is 9.60. The number of nitrogens with one attached hydrogen (secondary N) is 1. The van der Waals surface area contributed by atoms with Gasteiger partial charge in [-0.25, -0.2) is 0 Å². The minimum atomic E-state index is -0.920. The predicted octanol–water partition coefficient (Wildman–Crippen LogP) is -0.389. The first kappa shape index (κ1) is 14.9. The third kappa shape index (κ3) is 7.19. The van der Waals surface area contributed by atoms with Gasteiger partial charge in [-0.05, 0) is 5.92 Å². The number of hydrogen-bond donors (Lipinski definition) is 3. The molecule has 0 fully saturated rings. The van der Waals surface area contributed by atoms with Gasteiger partial charge in [-0.1, -0.05) is 6.92 Å². The zero-order chi connectivity index (χ0) is 12.6. The predicted molar refractivity (Wildman–Crippen MR) is 56.9 cm³/mol. The molecule has 6 nitrogen and oxygen atoms in total. The van der Waals surface area contributed by atoms with Crippen LogP contribution in [0.25, 0.3) is 0 Å². The molecule has 0 radical (unpaired) electrons. The Labute approximate surface area is 94.6 Å². The van der Waals surface area contributed by atoms with E-state index in [0.717, 1.165) is 0 Å². The molecule has 0 saturated carbocycles. The molecule has 0 aromatic carbocycles. The fourth-order valence-electron chi connectivity index (χ4n) is 1.31. The van der Waals surface area contributed by atoms with Crippen LogP contribution in [0.1, 0.15) is 19.8 Å². The fourth-order valence-corrected chi connectivity index (χ4v) is 1.31. The molecule has 0 bridgehead atoms. The van der Waals surface area contributed by atoms with Gasteiger partial charge in [-0.15, -0.1) is 0 Å². The van der Waals surface area contributed by atoms with Crippen molar-refractivity contribution in [1.29, 1.82) is 0 Å². The van der Waals surface area contributed by atoms with Crippen LogP contribution in [0, 0.1) is 5.92 Å². The van der Waals surface area contributed by atoms with E-state index in [0.29, 0.717) is 0 Å². The molecule has 0 aliphatic rings. The molecular formula is C10H19NO5. The normalized spacial score (nSPS) is 14.2. The standard InChI is InChI=1S/C10H19NO5/c1-7(4-10(14)15)3-9(13)11-8(5-12)6-16-2/h7-8,12H,3-6H2,1-2H3,(H,11,13)(H,14,15). The third-order valence-corrected chi connectivity index (χ3v) is 2.01. The lowest BCUT2D eigenvalue weighted by molar-refractivity contribution is -0.138. The van der Waals surface area contributed by atoms with Gasteiger partial charge >= 0.3 is 5.97 Å². The second kappa shape index (κ2) is 8.06. The number of rotatable bonds is 8. The van der Waals surface area contributed by atoms with Gasteiger partial charge in [-0.3, -0.25) is 9.59 Å². The Hall–Kier alpha value is -1.14. The molecule has 0 rings (SSSR count). The van der Waals surface area contributed by atoms with Crippen LogP contribution in [0.4, 0.5) is 0 Å². The zero-order valence-electron chi connectivity index (χ0n) is 9.60. The number of methoxy groups -OCH3 is 1. The maximum absolute atomic E-state index is 11.4. The number of hydrogen-bond acceptors (Lipinski definition) is 4. The maximum atomic E-state index is 11.4. The average Bonchev–Trinajstić information content (AvgIpc) is 2.15. The Morgan fingerprint density at radius 2 is 2.00 bits per heavy atom. The molecule has 0 aromatic heterocycles. The van der Waals surface area contributed by atoms with Gasteiger partial charge in [0.05, 0.1) is 19.3 Å². The number of carboxylic acid groups (broad SMARTS) is 1. The summed E-state index contributed by atoms with van der Waals surface area (Å²) in [6.45, 7) is 1.72. The largest absolute Gasteiger partial charge is 0.481 e. The first-order chi connectivity index (χ1) is 7.49. The van der Waals surface area contributed by atoms with Crippen molar-refractivity contribution in [3.63, 3.8) is 0 Å². The molecule has 2 atom stereocenters. The number of aliphatic carboxylic acids is 1. The number of carbonyl (C=O) groups is 2. The molecule has 3 N–H and O–H groups in total. The van der Waals surface area contributed by atoms with Crippen molar-refractivity contribution in [3.05, 3.63) is 0 Å². The first-order valence-electron chi connectivity index (χ1n) is 5.10. The van der Waals surface area contributed by atoms with Crippen molar-refractivity contribution in [2.45, 2.75) is 25.8 Å². The van der Waals surface area contributed by atoms with Gasteiger partial charge in [0.15, 0.2) is 0 Å². The van der Waals surface area contributed by atoms with E-state index in [9.17, 15) is 9.59 Å². The Kier molecular flexibility index (Phi) is 7.49. The van der Waals surface area contributed by atoms with Crippen molar-refractivity contribution in [1.82, 2.24) is 5.32 Å². The Bertz CT molecular complexity index is 231. The molecule has 0 saturated heterocycles. The van der Waals surface area contributed by atoms with Gasteiger partial charge in [0.2, 0.25) is 5.91 Å². The second-order valence-corrected chi connectivity index (χ2v) is 3.81. The summed E-state index contributed by atoms with van der Waals surface area (Å²) in [6.07, 6.45) is 0.0913. The molecule has 0 spiro atoms. The van der Waals surface area contributed by atoms with Crippen molar-refractivity contribution in [2.75, 3.05) is 20.3 Å². The van der Waals surface area contributed by atoms with Crippen LogP contribution in [0.5, 0.6) is 0 Å². The van der Waals surface area contributed by atoms with Crippen LogP contribution in [-0.4, -0.2) is 48.5 Å². The highest BCUT2D eigenvalue weighted by Crippen LogP contribution is 2.07. The summed E-state index contributed by atoms with van der Waals surface area (Å²) in [5.74, 6) is -1.42. The van der Waals surface area contributed by atoms with Gasteiger partial charge in [-0.2, -0.15) is 0 Å². The van der Waals surface area contributed by atoms with Gasteiger partial charge in [0.25, 0.3) is 0 Å². The van der Waals surface area contributed by atoms with Gasteiger partial charge in [0.1, 0.15) is 0 Å². The summed E-state index contributed by atoms with van der Waals surface area (Å²) in [4.78, 5) is 21.8. The van der Waals surface area contributed by atoms with Crippen LogP contribution in [0.15, 0.2) is 0 Å². The van der Waals surface area contributed by atoms with E-state index in [1.165, 1.54) is 7.11 Å². The minimum Gasteiger partial charge on any atom is -0.481 e. The molecule has 0 aliphatic carbocycles. The number of carbonyl (C=O) groups excluding carboxylic acids is 1. The number of aliphatic hydroxyl groups is 1. The smallest absolute Gasteiger partial charge is 0.303 e. The fraction of sp³-hybridized carbons (Fsp3) is 0.800. The van der Waals surface area contributed by atoms with E-state index in [4.69, 9.17) is 14.9 Å².